The Hall–Kier alpha value is -0.980. The Labute approximate surface area is 79.2 Å². The standard InChI is InChI=1S/C7H10N2O3S/c1-12-7(11)4-3-13-6(9-4)2-5(8)10/h3,5,10H,2,8H2,1H3. The molecule has 3 N–H and O–H groups in total. The number of methoxy groups -OCH3 is 1. The average Bonchev–Trinajstić information content (AvgIpc) is 2.50. The van der Waals surface area contributed by atoms with Gasteiger partial charge in [-0.1, -0.05) is 0 Å². The smallest absolute Gasteiger partial charge is 0.357 e. The number of hydrogen-bond donors (Lipinski definition) is 2. The second-order valence-corrected chi connectivity index (χ2v) is 3.33. The lowest BCUT2D eigenvalue weighted by molar-refractivity contribution is 0.0594. The minimum Gasteiger partial charge on any atom is -0.464 e. The molecule has 0 aromatic carbocycles. The second-order valence-electron chi connectivity index (χ2n) is 2.39. The maximum absolute atomic E-state index is 10.9. The van der Waals surface area contributed by atoms with Gasteiger partial charge in [-0.3, -0.25) is 0 Å². The lowest BCUT2D eigenvalue weighted by Gasteiger charge is -1.98. The van der Waals surface area contributed by atoms with Crippen molar-refractivity contribution in [1.29, 1.82) is 0 Å². The van der Waals surface area contributed by atoms with E-state index >= 15 is 0 Å². The molecule has 1 aromatic heterocycles. The van der Waals surface area contributed by atoms with Crippen LogP contribution in [-0.4, -0.2) is 29.4 Å². The normalized spacial score (nSPS) is 12.5. The molecule has 13 heavy (non-hydrogen) atoms. The number of esters is 1. The number of aliphatic hydroxyl groups is 1. The monoisotopic (exact) mass is 202 g/mol. The number of ether oxygens (including phenoxy) is 1. The van der Waals surface area contributed by atoms with E-state index in [0.717, 1.165) is 0 Å². The van der Waals surface area contributed by atoms with Gasteiger partial charge in [0.2, 0.25) is 0 Å². The van der Waals surface area contributed by atoms with Gasteiger partial charge < -0.3 is 15.6 Å². The highest BCUT2D eigenvalue weighted by Gasteiger charge is 2.11. The first-order chi connectivity index (χ1) is 6.13. The highest BCUT2D eigenvalue weighted by Crippen LogP contribution is 2.11. The van der Waals surface area contributed by atoms with Crippen LogP contribution in [0, 0.1) is 0 Å². The zero-order chi connectivity index (χ0) is 9.84. The minimum absolute atomic E-state index is 0.252. The van der Waals surface area contributed by atoms with E-state index in [-0.39, 0.29) is 12.1 Å². The molecule has 1 rings (SSSR count). The minimum atomic E-state index is -0.934. The number of carbonyl (C=O) groups is 1. The molecule has 0 aliphatic carbocycles. The molecule has 0 saturated heterocycles. The second kappa shape index (κ2) is 4.31. The molecule has 5 nitrogen and oxygen atoms in total. The topological polar surface area (TPSA) is 85.4 Å². The molecule has 0 spiro atoms. The van der Waals surface area contributed by atoms with Crippen LogP contribution >= 0.6 is 11.3 Å². The van der Waals surface area contributed by atoms with Gasteiger partial charge in [-0.25, -0.2) is 9.78 Å². The molecule has 0 radical (unpaired) electrons. The predicted molar refractivity (Wildman–Crippen MR) is 47.4 cm³/mol. The fourth-order valence-corrected chi connectivity index (χ4v) is 1.60. The molecule has 6 heteroatoms. The summed E-state index contributed by atoms with van der Waals surface area (Å²) in [5.41, 5.74) is 5.40. The fraction of sp³-hybridized carbons (Fsp3) is 0.429. The van der Waals surface area contributed by atoms with Crippen molar-refractivity contribution in [2.75, 3.05) is 7.11 Å². The predicted octanol–water partition coefficient (Wildman–Crippen LogP) is -0.251. The number of hydrogen-bond acceptors (Lipinski definition) is 6. The largest absolute Gasteiger partial charge is 0.464 e. The summed E-state index contributed by atoms with van der Waals surface area (Å²) >= 11 is 1.27. The van der Waals surface area contributed by atoms with Crippen molar-refractivity contribution >= 4 is 17.3 Å². The van der Waals surface area contributed by atoms with Crippen molar-refractivity contribution in [2.24, 2.45) is 5.73 Å². The van der Waals surface area contributed by atoms with Gasteiger partial charge in [-0.05, 0) is 0 Å². The van der Waals surface area contributed by atoms with Crippen molar-refractivity contribution in [3.8, 4) is 0 Å². The average molecular weight is 202 g/mol. The molecular weight excluding hydrogens is 192 g/mol. The number of rotatable bonds is 3. The van der Waals surface area contributed by atoms with Crippen LogP contribution < -0.4 is 5.73 Å². The number of aliphatic hydroxyl groups excluding tert-OH is 1. The first-order valence-electron chi connectivity index (χ1n) is 3.60. The van der Waals surface area contributed by atoms with E-state index < -0.39 is 12.2 Å². The molecule has 0 bridgehead atoms. The van der Waals surface area contributed by atoms with E-state index in [4.69, 9.17) is 10.8 Å². The summed E-state index contributed by atoms with van der Waals surface area (Å²) in [6.45, 7) is 0. The Bertz CT molecular complexity index is 298. The van der Waals surface area contributed by atoms with Crippen molar-refractivity contribution < 1.29 is 14.6 Å². The van der Waals surface area contributed by atoms with Crippen LogP contribution in [0.2, 0.25) is 0 Å². The van der Waals surface area contributed by atoms with Crippen molar-refractivity contribution in [1.82, 2.24) is 4.98 Å². The molecule has 0 aliphatic rings. The van der Waals surface area contributed by atoms with Crippen LogP contribution in [0.4, 0.5) is 0 Å². The summed E-state index contributed by atoms with van der Waals surface area (Å²) < 4.78 is 4.47. The number of nitrogens with zero attached hydrogens (tertiary/aromatic N) is 1. The highest BCUT2D eigenvalue weighted by molar-refractivity contribution is 7.09. The van der Waals surface area contributed by atoms with Crippen LogP contribution in [0.1, 0.15) is 15.5 Å². The number of carbonyl (C=O) groups excluding carboxylic acids is 1. The maximum atomic E-state index is 10.9. The third kappa shape index (κ3) is 2.76. The van der Waals surface area contributed by atoms with E-state index in [1.54, 1.807) is 5.38 Å². The molecular formula is C7H10N2O3S. The third-order valence-corrected chi connectivity index (χ3v) is 2.20. The maximum Gasteiger partial charge on any atom is 0.357 e. The van der Waals surface area contributed by atoms with Gasteiger partial charge in [-0.2, -0.15) is 0 Å². The van der Waals surface area contributed by atoms with Gasteiger partial charge in [0.15, 0.2) is 5.69 Å². The molecule has 1 aromatic rings. The van der Waals surface area contributed by atoms with Crippen LogP contribution in [0.25, 0.3) is 0 Å². The van der Waals surface area contributed by atoms with Gasteiger partial charge in [0, 0.05) is 11.8 Å². The molecule has 0 aliphatic heterocycles. The Kier molecular flexibility index (Phi) is 3.35. The first kappa shape index (κ1) is 10.1. The number of nitrogens with two attached hydrogens (primary N) is 1. The molecule has 1 heterocycles. The van der Waals surface area contributed by atoms with Gasteiger partial charge in [0.25, 0.3) is 0 Å². The van der Waals surface area contributed by atoms with Crippen LogP contribution in [0.3, 0.4) is 0 Å². The number of aromatic nitrogens is 1. The van der Waals surface area contributed by atoms with Crippen LogP contribution in [0.15, 0.2) is 5.38 Å². The Morgan fingerprint density at radius 1 is 1.92 bits per heavy atom. The van der Waals surface area contributed by atoms with Crippen LogP contribution in [-0.2, 0) is 11.2 Å². The molecule has 0 amide bonds. The molecule has 0 saturated carbocycles. The first-order valence-corrected chi connectivity index (χ1v) is 4.48. The highest BCUT2D eigenvalue weighted by atomic mass is 32.1. The van der Waals surface area contributed by atoms with E-state index in [1.165, 1.54) is 18.4 Å². The summed E-state index contributed by atoms with van der Waals surface area (Å²) in [7, 11) is 1.29. The van der Waals surface area contributed by atoms with Crippen molar-refractivity contribution in [3.63, 3.8) is 0 Å². The van der Waals surface area contributed by atoms with Gasteiger partial charge >= 0.3 is 5.97 Å². The van der Waals surface area contributed by atoms with E-state index in [2.05, 4.69) is 9.72 Å². The van der Waals surface area contributed by atoms with Gasteiger partial charge in [0.1, 0.15) is 6.23 Å². The molecule has 72 valence electrons. The zero-order valence-electron chi connectivity index (χ0n) is 7.06. The van der Waals surface area contributed by atoms with Gasteiger partial charge in [0.05, 0.1) is 12.1 Å². The van der Waals surface area contributed by atoms with Crippen molar-refractivity contribution in [2.45, 2.75) is 12.6 Å². The van der Waals surface area contributed by atoms with E-state index in [9.17, 15) is 4.79 Å². The lowest BCUT2D eigenvalue weighted by Crippen LogP contribution is -2.21. The van der Waals surface area contributed by atoms with Gasteiger partial charge in [-0.15, -0.1) is 11.3 Å². The zero-order valence-corrected chi connectivity index (χ0v) is 7.87. The van der Waals surface area contributed by atoms with Crippen molar-refractivity contribution in [3.05, 3.63) is 16.1 Å². The third-order valence-electron chi connectivity index (χ3n) is 1.33. The summed E-state index contributed by atoms with van der Waals surface area (Å²) in [4.78, 5) is 14.9. The van der Waals surface area contributed by atoms with E-state index in [0.29, 0.717) is 5.01 Å². The molecule has 1 unspecified atom stereocenters. The summed E-state index contributed by atoms with van der Waals surface area (Å²) in [6.07, 6.45) is -0.682. The molecule has 1 atom stereocenters. The SMILES string of the molecule is COC(=O)c1csc(CC(N)O)n1. The fourth-order valence-electron chi connectivity index (χ4n) is 0.782. The Morgan fingerprint density at radius 3 is 3.15 bits per heavy atom. The van der Waals surface area contributed by atoms with Crippen LogP contribution in [0.5, 0.6) is 0 Å². The summed E-state index contributed by atoms with van der Waals surface area (Å²) in [6, 6.07) is 0. The summed E-state index contributed by atoms with van der Waals surface area (Å²) in [5, 5.41) is 11.0. The van der Waals surface area contributed by atoms with E-state index in [1.807, 2.05) is 0 Å². The number of thiazole rings is 1. The molecule has 0 fully saturated rings. The Morgan fingerprint density at radius 2 is 2.62 bits per heavy atom. The Balaban J connectivity index is 2.69. The quantitative estimate of drug-likeness (QED) is 0.521. The summed E-state index contributed by atoms with van der Waals surface area (Å²) in [5.74, 6) is -0.478. The lowest BCUT2D eigenvalue weighted by atomic mass is 10.4.